The summed E-state index contributed by atoms with van der Waals surface area (Å²) < 4.78 is 9.70. The van der Waals surface area contributed by atoms with Gasteiger partial charge in [-0.25, -0.2) is 9.78 Å². The van der Waals surface area contributed by atoms with Crippen LogP contribution in [0.2, 0.25) is 0 Å². The Hall–Kier alpha value is -8.13. The zero-order valence-electron chi connectivity index (χ0n) is 46.9. The van der Waals surface area contributed by atoms with Crippen molar-refractivity contribution in [1.29, 1.82) is 0 Å². The van der Waals surface area contributed by atoms with E-state index < -0.39 is 0 Å². The largest absolute Gasteiger partial charge is 0.508 e. The van der Waals surface area contributed by atoms with Crippen LogP contribution in [0.4, 0.5) is 0 Å². The number of ether oxygens (including phenoxy) is 1. The molecule has 79 heavy (non-hydrogen) atoms. The number of likely N-dealkylation sites (tertiary alicyclic amines) is 1. The molecule has 8 aromatic rings. The Morgan fingerprint density at radius 3 is 2.09 bits per heavy atom. The van der Waals surface area contributed by atoms with E-state index in [1.807, 2.05) is 104 Å². The highest BCUT2D eigenvalue weighted by Crippen LogP contribution is 2.38. The second-order valence-corrected chi connectivity index (χ2v) is 20.1. The number of carbonyl (C=O) groups excluding carboxylic acids is 3. The maximum atomic E-state index is 13.3. The minimum absolute atomic E-state index is 0.0178. The van der Waals surface area contributed by atoms with Gasteiger partial charge < -0.3 is 25.2 Å². The van der Waals surface area contributed by atoms with Crippen LogP contribution >= 0.6 is 0 Å². The van der Waals surface area contributed by atoms with Crippen molar-refractivity contribution in [2.45, 2.75) is 85.9 Å². The Morgan fingerprint density at radius 1 is 0.810 bits per heavy atom. The van der Waals surface area contributed by atoms with Crippen LogP contribution in [0.1, 0.15) is 97.5 Å². The number of benzene rings is 3. The molecular weight excluding hydrogens is 1000 g/mol. The predicted octanol–water partition coefficient (Wildman–Crippen LogP) is 8.15. The fraction of sp³-hybridized carbons (Fsp3) is 0.383. The van der Waals surface area contributed by atoms with Crippen LogP contribution in [-0.4, -0.2) is 142 Å². The Kier molecular flexibility index (Phi) is 20.3. The minimum Gasteiger partial charge on any atom is -0.508 e. The zero-order chi connectivity index (χ0) is 56.8. The van der Waals surface area contributed by atoms with Gasteiger partial charge in [0.25, 0.3) is 0 Å². The van der Waals surface area contributed by atoms with Crippen LogP contribution < -0.4 is 11.0 Å². The smallest absolute Gasteiger partial charge is 0.329 e. The number of amides is 2. The number of nitrogens with one attached hydrogen (secondary N) is 1. The summed E-state index contributed by atoms with van der Waals surface area (Å²) in [5, 5.41) is 32.0. The number of imidazole rings is 1. The van der Waals surface area contributed by atoms with E-state index in [9.17, 15) is 29.4 Å². The lowest BCUT2D eigenvalue weighted by Gasteiger charge is -2.34. The van der Waals surface area contributed by atoms with Gasteiger partial charge in [0, 0.05) is 127 Å². The fourth-order valence-corrected chi connectivity index (χ4v) is 9.90. The van der Waals surface area contributed by atoms with Gasteiger partial charge >= 0.3 is 5.69 Å². The molecule has 19 nitrogen and oxygen atoms in total. The first kappa shape index (κ1) is 58.6. The van der Waals surface area contributed by atoms with E-state index in [0.29, 0.717) is 48.6 Å². The van der Waals surface area contributed by atoms with Crippen molar-refractivity contribution in [3.05, 3.63) is 142 Å². The number of hydrogen-bond donors (Lipinski definition) is 3. The van der Waals surface area contributed by atoms with Gasteiger partial charge in [0.1, 0.15) is 29.1 Å². The van der Waals surface area contributed by atoms with Crippen molar-refractivity contribution in [2.75, 3.05) is 60.0 Å². The molecule has 0 aliphatic carbocycles. The number of aryl methyl sites for hydroxylation is 3. The summed E-state index contributed by atoms with van der Waals surface area (Å²) in [5.41, 5.74) is 11.0. The molecule has 416 valence electrons. The van der Waals surface area contributed by atoms with E-state index in [-0.39, 0.29) is 35.1 Å². The summed E-state index contributed by atoms with van der Waals surface area (Å²) in [4.78, 5) is 66.4. The molecule has 0 unspecified atom stereocenters. The van der Waals surface area contributed by atoms with Crippen LogP contribution in [0.25, 0.3) is 50.4 Å². The van der Waals surface area contributed by atoms with Crippen LogP contribution in [0.15, 0.2) is 102 Å². The average molecular weight is 1080 g/mol. The number of rotatable bonds is 13. The van der Waals surface area contributed by atoms with Gasteiger partial charge in [0.2, 0.25) is 12.3 Å². The van der Waals surface area contributed by atoms with Crippen molar-refractivity contribution < 1.29 is 29.3 Å². The van der Waals surface area contributed by atoms with E-state index in [1.54, 1.807) is 38.1 Å². The van der Waals surface area contributed by atoms with Gasteiger partial charge in [-0.3, -0.25) is 47.9 Å². The highest BCUT2D eigenvalue weighted by Gasteiger charge is 2.28. The quantitative estimate of drug-likeness (QED) is 0.0929. The van der Waals surface area contributed by atoms with E-state index in [1.165, 1.54) is 17.2 Å². The Bertz CT molecular complexity index is 3390. The van der Waals surface area contributed by atoms with E-state index in [4.69, 9.17) is 4.98 Å². The number of piperazine rings is 1. The molecule has 3 N–H and O–H groups in total. The first-order chi connectivity index (χ1) is 38.1. The van der Waals surface area contributed by atoms with E-state index in [0.717, 1.165) is 115 Å². The highest BCUT2D eigenvalue weighted by molar-refractivity contribution is 6.00. The molecule has 10 rings (SSSR count). The zero-order valence-corrected chi connectivity index (χ0v) is 46.9. The molecule has 7 heterocycles. The molecule has 2 aliphatic rings. The van der Waals surface area contributed by atoms with E-state index in [2.05, 4.69) is 70.4 Å². The average Bonchev–Trinajstić information content (AvgIpc) is 4.22. The number of phenols is 2. The summed E-state index contributed by atoms with van der Waals surface area (Å²) in [6, 6.07) is 27.3. The normalized spacial score (nSPS) is 14.0. The molecule has 2 saturated heterocycles. The van der Waals surface area contributed by atoms with Crippen molar-refractivity contribution in [3.63, 3.8) is 0 Å². The number of hydrogen-bond acceptors (Lipinski definition) is 14. The highest BCUT2D eigenvalue weighted by atomic mass is 16.4. The number of aromatic nitrogens is 8. The molecule has 19 heteroatoms. The van der Waals surface area contributed by atoms with Gasteiger partial charge in [0.05, 0.1) is 34.0 Å². The molecular formula is C60H74N12O7. The number of aromatic hydroxyl groups is 2. The molecule has 5 aromatic heterocycles. The van der Waals surface area contributed by atoms with Crippen LogP contribution in [0.5, 0.6) is 11.5 Å². The van der Waals surface area contributed by atoms with Crippen LogP contribution in [0.3, 0.4) is 0 Å². The number of methoxy groups -OCH3 is 1. The summed E-state index contributed by atoms with van der Waals surface area (Å²) in [6.07, 6.45) is 7.15. The number of piperidine rings is 1. The second kappa shape index (κ2) is 27.5. The Morgan fingerprint density at radius 2 is 1.49 bits per heavy atom. The number of carbonyl (C=O) groups is 3. The maximum absolute atomic E-state index is 13.3. The molecule has 0 spiro atoms. The van der Waals surface area contributed by atoms with Crippen molar-refractivity contribution in [2.24, 2.45) is 7.05 Å². The number of fused-ring (bicyclic) bond motifs is 3. The standard InChI is InChI=1S/C31H35N5O3.C24H26N6O2.C3H7NO.C2H6O/c1-21(2)27-16-28(30(39)17-29(27)38)31-33-32-22(3)36(31)26-9-7-23(8-10-26)18-34-11-13-35(14-12-34)19-24-5-4-6-25(15-24)20-37;1-4-21(31)29-11-9-17(10-12-29)30-23-20(28(3)24(30)32)14-26-19-8-7-18(27-22(19)23)16-6-5-15(2)25-13-16;1-2-4-3-5;1-3-2/h4-10,15-17,20-21,38-39H,11-14,18-19H2,1-3H3;5-8,13-14,17H,4,9-12H2,1-3H3;3H,2H2,1H3,(H,4,5);1-2H3. The van der Waals surface area contributed by atoms with Crippen molar-refractivity contribution >= 4 is 40.7 Å². The lowest BCUT2D eigenvalue weighted by atomic mass is 9.98. The Labute approximate surface area is 461 Å². The third-order valence-electron chi connectivity index (χ3n) is 14.1. The molecule has 0 radical (unpaired) electrons. The number of nitrogens with zero attached hydrogens (tertiary/aromatic N) is 11. The van der Waals surface area contributed by atoms with Gasteiger partial charge in [-0.15, -0.1) is 10.2 Å². The molecule has 0 atom stereocenters. The molecule has 0 bridgehead atoms. The maximum Gasteiger partial charge on any atom is 0.329 e. The predicted molar refractivity (Wildman–Crippen MR) is 307 cm³/mol. The summed E-state index contributed by atoms with van der Waals surface area (Å²) in [6.45, 7) is 19.3. The SMILES string of the molecule is CCC(=O)N1CCC(n2c(=O)n(C)c3cnc4ccc(-c5ccc(C)nc5)nc4c32)CC1.CCNC=O.COC.Cc1nnc(-c2cc(C(C)C)c(O)cc2O)n1-c1ccc(CN2CCN(Cc3cccc(C=O)c3)CC2)cc1. The number of pyridine rings is 3. The van der Waals surface area contributed by atoms with Crippen molar-refractivity contribution in [3.8, 4) is 39.8 Å². The van der Waals surface area contributed by atoms with Gasteiger partial charge in [-0.2, -0.15) is 0 Å². The molecule has 0 saturated carbocycles. The molecule has 2 fully saturated rings. The summed E-state index contributed by atoms with van der Waals surface area (Å²) >= 11 is 0. The Balaban J connectivity index is 0.000000204. The summed E-state index contributed by atoms with van der Waals surface area (Å²) in [5.74, 6) is 1.56. The number of aldehydes is 1. The lowest BCUT2D eigenvalue weighted by Crippen LogP contribution is -2.45. The molecule has 3 aromatic carbocycles. The molecule has 2 aliphatic heterocycles. The topological polar surface area (TPSA) is 219 Å². The second-order valence-electron chi connectivity index (χ2n) is 20.1. The third kappa shape index (κ3) is 14.1. The van der Waals surface area contributed by atoms with Gasteiger partial charge in [-0.05, 0) is 105 Å². The van der Waals surface area contributed by atoms with Gasteiger partial charge in [0.15, 0.2) is 5.82 Å². The third-order valence-corrected chi connectivity index (χ3v) is 14.1. The lowest BCUT2D eigenvalue weighted by molar-refractivity contribution is -0.132. The monoisotopic (exact) mass is 1070 g/mol. The van der Waals surface area contributed by atoms with Crippen molar-refractivity contribution in [1.82, 2.24) is 58.9 Å². The first-order valence-electron chi connectivity index (χ1n) is 26.8. The number of phenolic OH excluding ortho intramolecular Hbond substituents is 2. The first-order valence-corrected chi connectivity index (χ1v) is 26.8. The van der Waals surface area contributed by atoms with Crippen LogP contribution in [-0.2, 0) is 34.5 Å². The van der Waals surface area contributed by atoms with E-state index >= 15 is 0 Å². The van der Waals surface area contributed by atoms with Crippen LogP contribution in [0, 0.1) is 13.8 Å². The molecule has 2 amide bonds. The summed E-state index contributed by atoms with van der Waals surface area (Å²) in [7, 11) is 5.03. The minimum atomic E-state index is -0.0706. The fourth-order valence-electron chi connectivity index (χ4n) is 9.90. The van der Waals surface area contributed by atoms with Gasteiger partial charge in [-0.1, -0.05) is 51.1 Å².